The minimum atomic E-state index is -0.109. The maximum atomic E-state index is 7.05. The molecule has 1 aromatic heterocycles. The predicted molar refractivity (Wildman–Crippen MR) is 240 cm³/mol. The van der Waals surface area contributed by atoms with Crippen molar-refractivity contribution in [3.05, 3.63) is 202 Å². The number of fused-ring (bicyclic) bond motifs is 12. The van der Waals surface area contributed by atoms with Gasteiger partial charge in [0, 0.05) is 27.6 Å². The first-order valence-corrected chi connectivity index (χ1v) is 20.6. The minimum Gasteiger partial charge on any atom is -0.454 e. The lowest BCUT2D eigenvalue weighted by Gasteiger charge is -2.31. The van der Waals surface area contributed by atoms with Crippen LogP contribution in [0, 0.1) is 0 Å². The largest absolute Gasteiger partial charge is 0.454 e. The summed E-state index contributed by atoms with van der Waals surface area (Å²) in [6.07, 6.45) is 23.1. The van der Waals surface area contributed by atoms with Gasteiger partial charge < -0.3 is 9.32 Å². The fourth-order valence-electron chi connectivity index (χ4n) is 10.3. The number of furan rings is 1. The van der Waals surface area contributed by atoms with Crippen LogP contribution in [0.1, 0.15) is 68.7 Å². The summed E-state index contributed by atoms with van der Waals surface area (Å²) in [6, 6.07) is 40.7. The summed E-state index contributed by atoms with van der Waals surface area (Å²) in [5, 5.41) is 5.03. The van der Waals surface area contributed by atoms with E-state index in [-0.39, 0.29) is 5.41 Å². The number of rotatable bonds is 6. The van der Waals surface area contributed by atoms with Crippen LogP contribution < -0.4 is 4.90 Å². The van der Waals surface area contributed by atoms with Gasteiger partial charge in [-0.2, -0.15) is 0 Å². The van der Waals surface area contributed by atoms with Crippen LogP contribution in [0.3, 0.4) is 0 Å². The van der Waals surface area contributed by atoms with E-state index in [1.807, 2.05) is 0 Å². The van der Waals surface area contributed by atoms with Gasteiger partial charge in [-0.15, -0.1) is 0 Å². The average Bonchev–Trinajstić information content (AvgIpc) is 3.90. The van der Waals surface area contributed by atoms with Crippen LogP contribution in [0.5, 0.6) is 0 Å². The first kappa shape index (κ1) is 33.9. The van der Waals surface area contributed by atoms with Gasteiger partial charge in [0.1, 0.15) is 5.58 Å². The molecular weight excluding hydrogens is 691 g/mol. The molecule has 57 heavy (non-hydrogen) atoms. The molecule has 0 spiro atoms. The highest BCUT2D eigenvalue weighted by molar-refractivity contribution is 6.18. The van der Waals surface area contributed by atoms with E-state index in [0.29, 0.717) is 0 Å². The molecule has 0 saturated heterocycles. The molecule has 7 aromatic rings. The number of hydrogen-bond donors (Lipinski definition) is 0. The molecule has 276 valence electrons. The van der Waals surface area contributed by atoms with Gasteiger partial charge >= 0.3 is 0 Å². The van der Waals surface area contributed by atoms with Gasteiger partial charge in [-0.1, -0.05) is 141 Å². The Morgan fingerprint density at radius 2 is 1.56 bits per heavy atom. The van der Waals surface area contributed by atoms with E-state index < -0.39 is 0 Å². The molecule has 0 unspecified atom stereocenters. The topological polar surface area (TPSA) is 16.4 Å². The van der Waals surface area contributed by atoms with Crippen molar-refractivity contribution in [1.82, 2.24) is 0 Å². The monoisotopic (exact) mass is 735 g/mol. The Labute approximate surface area is 335 Å². The van der Waals surface area contributed by atoms with Crippen LogP contribution in [-0.4, -0.2) is 0 Å². The Morgan fingerprint density at radius 3 is 2.46 bits per heavy atom. The van der Waals surface area contributed by atoms with Crippen LogP contribution in [-0.2, 0) is 11.8 Å². The molecule has 0 saturated carbocycles. The van der Waals surface area contributed by atoms with Gasteiger partial charge in [-0.25, -0.2) is 0 Å². The van der Waals surface area contributed by atoms with Crippen molar-refractivity contribution < 1.29 is 4.42 Å². The summed E-state index contributed by atoms with van der Waals surface area (Å²) in [6.45, 7) is 6.81. The lowest BCUT2D eigenvalue weighted by molar-refractivity contribution is 0.660. The van der Waals surface area contributed by atoms with Crippen molar-refractivity contribution in [2.24, 2.45) is 0 Å². The molecule has 6 aromatic carbocycles. The smallest absolute Gasteiger partial charge is 0.159 e. The molecule has 4 aliphatic carbocycles. The van der Waals surface area contributed by atoms with Gasteiger partial charge in [0.2, 0.25) is 0 Å². The Kier molecular flexibility index (Phi) is 7.80. The quantitative estimate of drug-likeness (QED) is 0.158. The molecule has 11 rings (SSSR count). The normalized spacial score (nSPS) is 16.8. The molecule has 0 N–H and O–H groups in total. The van der Waals surface area contributed by atoms with E-state index >= 15 is 0 Å². The van der Waals surface area contributed by atoms with Crippen molar-refractivity contribution in [2.75, 3.05) is 4.90 Å². The lowest BCUT2D eigenvalue weighted by atomic mass is 9.82. The maximum absolute atomic E-state index is 7.05. The Hall–Kier alpha value is -6.38. The zero-order valence-electron chi connectivity index (χ0n) is 32.9. The molecular formula is C55H45NO. The van der Waals surface area contributed by atoms with Gasteiger partial charge in [0.15, 0.2) is 5.58 Å². The van der Waals surface area contributed by atoms with E-state index in [9.17, 15) is 0 Å². The molecule has 0 bridgehead atoms. The third kappa shape index (κ3) is 5.23. The number of allylic oxidation sites excluding steroid dienone is 12. The molecule has 2 heteroatoms. The van der Waals surface area contributed by atoms with Crippen LogP contribution in [0.25, 0.3) is 55.0 Å². The van der Waals surface area contributed by atoms with Crippen molar-refractivity contribution in [3.8, 4) is 22.3 Å². The second kappa shape index (κ2) is 13.1. The summed E-state index contributed by atoms with van der Waals surface area (Å²) in [4.78, 5) is 2.50. The Morgan fingerprint density at radius 1 is 0.719 bits per heavy atom. The highest BCUT2D eigenvalue weighted by Crippen LogP contribution is 2.52. The van der Waals surface area contributed by atoms with Crippen molar-refractivity contribution in [3.63, 3.8) is 0 Å². The first-order valence-electron chi connectivity index (χ1n) is 20.6. The molecule has 0 aliphatic heterocycles. The number of para-hydroxylation sites is 1. The molecule has 2 nitrogen and oxygen atoms in total. The van der Waals surface area contributed by atoms with E-state index in [1.165, 1.54) is 94.2 Å². The second-order valence-electron chi connectivity index (χ2n) is 16.6. The van der Waals surface area contributed by atoms with E-state index in [0.717, 1.165) is 49.0 Å². The van der Waals surface area contributed by atoms with Gasteiger partial charge in [-0.3, -0.25) is 0 Å². The second-order valence-corrected chi connectivity index (χ2v) is 16.6. The van der Waals surface area contributed by atoms with Gasteiger partial charge in [0.05, 0.1) is 5.69 Å². The predicted octanol–water partition coefficient (Wildman–Crippen LogP) is 15.1. The standard InChI is InChI=1S/C55H45NO/c1-4-5-6-14-35-15-7-9-17-41(35)37-23-27-39(28-24-37)56(40-29-31-44-43-19-11-12-21-48(43)55(2,3)49(44)34-40)50-22-13-20-46-53-51(57-54(46)50)32-26-38-33-47-42-18-10-8-16-36(42)25-30-45(47)52(38)53/h4-6,8-14,16-23,25-27,29-32,34H,7,15,24,28,33H2,1-3H3/b5-4-,14-6-. The molecule has 1 heterocycles. The zero-order valence-corrected chi connectivity index (χ0v) is 32.9. The molecule has 0 radical (unpaired) electrons. The third-order valence-corrected chi connectivity index (χ3v) is 13.0. The minimum absolute atomic E-state index is 0.109. The molecule has 0 amide bonds. The van der Waals surface area contributed by atoms with E-state index in [1.54, 1.807) is 0 Å². The van der Waals surface area contributed by atoms with Gasteiger partial charge in [0.25, 0.3) is 0 Å². The highest BCUT2D eigenvalue weighted by Gasteiger charge is 2.36. The van der Waals surface area contributed by atoms with E-state index in [4.69, 9.17) is 4.42 Å². The Balaban J connectivity index is 1.10. The van der Waals surface area contributed by atoms with E-state index in [2.05, 4.69) is 183 Å². The molecule has 0 atom stereocenters. The SMILES string of the molecule is C/C=C\C=C/C1=C(C2=CC=C(N(c3ccc4c(c3)C(C)(C)c3ccccc3-4)c3cccc4c3oc3ccc5c(c34)-c3ccc4ccccc4c3C5)CC2)C=CCC1. The third-order valence-electron chi connectivity index (χ3n) is 13.0. The highest BCUT2D eigenvalue weighted by atomic mass is 16.3. The van der Waals surface area contributed by atoms with Crippen molar-refractivity contribution in [2.45, 2.75) is 58.3 Å². The molecule has 0 fully saturated rings. The number of hydrogen-bond acceptors (Lipinski definition) is 2. The number of nitrogens with zero attached hydrogens (tertiary/aromatic N) is 1. The summed E-state index contributed by atoms with van der Waals surface area (Å²) in [5.41, 5.74) is 20.4. The van der Waals surface area contributed by atoms with Crippen LogP contribution >= 0.6 is 0 Å². The van der Waals surface area contributed by atoms with Gasteiger partial charge in [-0.05, 0) is 141 Å². The maximum Gasteiger partial charge on any atom is 0.159 e. The Bertz CT molecular complexity index is 3020. The lowest BCUT2D eigenvalue weighted by Crippen LogP contribution is -2.20. The average molecular weight is 736 g/mol. The van der Waals surface area contributed by atoms with Crippen LogP contribution in [0.15, 0.2) is 185 Å². The first-order chi connectivity index (χ1) is 28.0. The summed E-state index contributed by atoms with van der Waals surface area (Å²) in [7, 11) is 0. The summed E-state index contributed by atoms with van der Waals surface area (Å²) >= 11 is 0. The zero-order chi connectivity index (χ0) is 38.3. The summed E-state index contributed by atoms with van der Waals surface area (Å²) in [5.74, 6) is 0. The number of benzene rings is 6. The van der Waals surface area contributed by atoms with Crippen molar-refractivity contribution >= 4 is 44.1 Å². The fraction of sp³-hybridized carbons (Fsp3) is 0.164. The number of anilines is 2. The summed E-state index contributed by atoms with van der Waals surface area (Å²) < 4.78 is 7.05. The van der Waals surface area contributed by atoms with Crippen LogP contribution in [0.4, 0.5) is 11.4 Å². The molecule has 4 aliphatic rings. The van der Waals surface area contributed by atoms with Crippen LogP contribution in [0.2, 0.25) is 0 Å². The fourth-order valence-corrected chi connectivity index (χ4v) is 10.3. The van der Waals surface area contributed by atoms with Crippen molar-refractivity contribution in [1.29, 1.82) is 0 Å².